The summed E-state index contributed by atoms with van der Waals surface area (Å²) in [4.78, 5) is 11.0. The first-order chi connectivity index (χ1) is 9.08. The molecule has 19 heavy (non-hydrogen) atoms. The molecule has 2 aliphatic rings. The molecule has 0 aromatic heterocycles. The molecule has 1 aliphatic carbocycles. The number of carbonyl (C=O) groups is 1. The second-order valence-corrected chi connectivity index (χ2v) is 5.27. The van der Waals surface area contributed by atoms with Crippen LogP contribution < -0.4 is 9.47 Å². The van der Waals surface area contributed by atoms with Crippen molar-refractivity contribution in [3.63, 3.8) is 0 Å². The maximum absolute atomic E-state index is 14.3. The van der Waals surface area contributed by atoms with Crippen LogP contribution in [0.2, 0.25) is 5.02 Å². The smallest absolute Gasteiger partial charge is 0.303 e. The summed E-state index contributed by atoms with van der Waals surface area (Å²) in [5.41, 5.74) is 0.255. The third-order valence-corrected chi connectivity index (χ3v) is 3.82. The molecule has 0 saturated heterocycles. The van der Waals surface area contributed by atoms with E-state index in [9.17, 15) is 9.18 Å². The third-order valence-electron chi connectivity index (χ3n) is 3.55. The first kappa shape index (κ1) is 12.5. The van der Waals surface area contributed by atoms with Crippen molar-refractivity contribution in [2.45, 2.75) is 25.2 Å². The number of fused-ring (bicyclic) bond motifs is 1. The lowest BCUT2D eigenvalue weighted by Crippen LogP contribution is -2.11. The lowest BCUT2D eigenvalue weighted by atomic mass is 9.89. The number of carboxylic acids is 1. The molecule has 4 nitrogen and oxygen atoms in total. The summed E-state index contributed by atoms with van der Waals surface area (Å²) < 4.78 is 24.8. The highest BCUT2D eigenvalue weighted by molar-refractivity contribution is 6.31. The Morgan fingerprint density at radius 2 is 2.26 bits per heavy atom. The summed E-state index contributed by atoms with van der Waals surface area (Å²) in [6.07, 6.45) is 1.68. The molecule has 0 spiro atoms. The van der Waals surface area contributed by atoms with E-state index in [2.05, 4.69) is 0 Å². The van der Waals surface area contributed by atoms with Crippen LogP contribution >= 0.6 is 11.6 Å². The molecule has 3 rings (SSSR count). The molecule has 1 unspecified atom stereocenters. The van der Waals surface area contributed by atoms with Gasteiger partial charge in [0.25, 0.3) is 0 Å². The van der Waals surface area contributed by atoms with E-state index < -0.39 is 17.7 Å². The Labute approximate surface area is 114 Å². The fraction of sp³-hybridized carbons (Fsp3) is 0.462. The second kappa shape index (κ2) is 4.56. The molecule has 1 fully saturated rings. The summed E-state index contributed by atoms with van der Waals surface area (Å²) >= 11 is 5.85. The molecular formula is C13H12ClFO4. The van der Waals surface area contributed by atoms with Crippen LogP contribution in [-0.4, -0.2) is 17.9 Å². The van der Waals surface area contributed by atoms with E-state index >= 15 is 0 Å². The number of hydrogen-bond donors (Lipinski definition) is 1. The van der Waals surface area contributed by atoms with Gasteiger partial charge < -0.3 is 14.6 Å². The first-order valence-corrected chi connectivity index (χ1v) is 6.45. The quantitative estimate of drug-likeness (QED) is 0.923. The van der Waals surface area contributed by atoms with Crippen LogP contribution in [0.15, 0.2) is 6.07 Å². The molecule has 1 aromatic carbocycles. The van der Waals surface area contributed by atoms with Gasteiger partial charge in [-0.3, -0.25) is 4.79 Å². The van der Waals surface area contributed by atoms with Gasteiger partial charge in [0.2, 0.25) is 6.79 Å². The minimum Gasteiger partial charge on any atom is -0.481 e. The number of halogens is 2. The van der Waals surface area contributed by atoms with Gasteiger partial charge in [-0.2, -0.15) is 0 Å². The Hall–Kier alpha value is -1.49. The number of aliphatic carboxylic acids is 1. The van der Waals surface area contributed by atoms with E-state index in [4.69, 9.17) is 26.2 Å². The Kier molecular flexibility index (Phi) is 3.01. The lowest BCUT2D eigenvalue weighted by Gasteiger charge is -2.18. The summed E-state index contributed by atoms with van der Waals surface area (Å²) in [6, 6.07) is 1.37. The topological polar surface area (TPSA) is 55.8 Å². The lowest BCUT2D eigenvalue weighted by molar-refractivity contribution is -0.137. The number of rotatable bonds is 4. The zero-order valence-electron chi connectivity index (χ0n) is 9.99. The molecule has 1 saturated carbocycles. The molecule has 1 atom stereocenters. The molecule has 1 N–H and O–H groups in total. The molecule has 0 bridgehead atoms. The second-order valence-electron chi connectivity index (χ2n) is 4.86. The highest BCUT2D eigenvalue weighted by Gasteiger charge is 2.39. The Balaban J connectivity index is 2.09. The van der Waals surface area contributed by atoms with Gasteiger partial charge in [-0.1, -0.05) is 11.6 Å². The molecule has 0 radical (unpaired) electrons. The predicted octanol–water partition coefficient (Wildman–Crippen LogP) is 3.18. The van der Waals surface area contributed by atoms with Gasteiger partial charge in [0.05, 0.1) is 11.4 Å². The molecule has 0 amide bonds. The summed E-state index contributed by atoms with van der Waals surface area (Å²) in [5.74, 6) is -1.09. The standard InChI is InChI=1S/C13H12ClFO4/c14-8-4-9-13(19-5-18-9)11(12(8)15)7(3-10(16)17)6-1-2-6/h4,6-7H,1-3,5H2,(H,16,17). The number of carboxylic acid groups (broad SMARTS) is 1. The van der Waals surface area contributed by atoms with Crippen molar-refractivity contribution in [1.82, 2.24) is 0 Å². The van der Waals surface area contributed by atoms with Crippen LogP contribution in [0.1, 0.15) is 30.7 Å². The van der Waals surface area contributed by atoms with E-state index in [0.717, 1.165) is 12.8 Å². The third kappa shape index (κ3) is 2.23. The number of benzene rings is 1. The average molecular weight is 287 g/mol. The monoisotopic (exact) mass is 286 g/mol. The van der Waals surface area contributed by atoms with Gasteiger partial charge in [-0.05, 0) is 18.8 Å². The van der Waals surface area contributed by atoms with Crippen LogP contribution in [0, 0.1) is 11.7 Å². The van der Waals surface area contributed by atoms with Gasteiger partial charge in [0.15, 0.2) is 11.5 Å². The van der Waals surface area contributed by atoms with E-state index in [1.807, 2.05) is 0 Å². The molecule has 1 heterocycles. The fourth-order valence-electron chi connectivity index (χ4n) is 2.54. The normalized spacial score (nSPS) is 18.4. The summed E-state index contributed by atoms with van der Waals surface area (Å²) in [5, 5.41) is 8.94. The largest absolute Gasteiger partial charge is 0.481 e. The van der Waals surface area contributed by atoms with Gasteiger partial charge in [-0.25, -0.2) is 4.39 Å². The van der Waals surface area contributed by atoms with Crippen molar-refractivity contribution in [3.05, 3.63) is 22.5 Å². The minimum atomic E-state index is -0.955. The van der Waals surface area contributed by atoms with Crippen LogP contribution in [0.25, 0.3) is 0 Å². The van der Waals surface area contributed by atoms with Crippen LogP contribution in [0.3, 0.4) is 0 Å². The molecule has 1 aliphatic heterocycles. The molecular weight excluding hydrogens is 275 g/mol. The maximum atomic E-state index is 14.3. The molecule has 102 valence electrons. The SMILES string of the molecule is O=C(O)CC(c1c(F)c(Cl)cc2c1OCO2)C1CC1. The maximum Gasteiger partial charge on any atom is 0.303 e. The van der Waals surface area contributed by atoms with Crippen LogP contribution in [0.4, 0.5) is 4.39 Å². The number of ether oxygens (including phenoxy) is 2. The molecule has 6 heteroatoms. The average Bonchev–Trinajstić information content (AvgIpc) is 3.09. The van der Waals surface area contributed by atoms with Crippen molar-refractivity contribution in [2.75, 3.05) is 6.79 Å². The van der Waals surface area contributed by atoms with Crippen molar-refractivity contribution in [3.8, 4) is 11.5 Å². The number of hydrogen-bond acceptors (Lipinski definition) is 3. The molecule has 1 aromatic rings. The zero-order chi connectivity index (χ0) is 13.6. The fourth-order valence-corrected chi connectivity index (χ4v) is 2.74. The van der Waals surface area contributed by atoms with Gasteiger partial charge in [0, 0.05) is 17.5 Å². The predicted molar refractivity (Wildman–Crippen MR) is 65.3 cm³/mol. The minimum absolute atomic E-state index is 0.00652. The van der Waals surface area contributed by atoms with E-state index in [0.29, 0.717) is 11.5 Å². The van der Waals surface area contributed by atoms with E-state index in [1.54, 1.807) is 0 Å². The van der Waals surface area contributed by atoms with Crippen molar-refractivity contribution < 1.29 is 23.8 Å². The van der Waals surface area contributed by atoms with Crippen LogP contribution in [-0.2, 0) is 4.79 Å². The Bertz CT molecular complexity index is 542. The van der Waals surface area contributed by atoms with E-state index in [1.165, 1.54) is 6.07 Å². The van der Waals surface area contributed by atoms with Gasteiger partial charge in [-0.15, -0.1) is 0 Å². The Morgan fingerprint density at radius 1 is 1.53 bits per heavy atom. The van der Waals surface area contributed by atoms with Crippen molar-refractivity contribution in [2.24, 2.45) is 5.92 Å². The van der Waals surface area contributed by atoms with Gasteiger partial charge in [0.1, 0.15) is 5.82 Å². The van der Waals surface area contributed by atoms with Gasteiger partial charge >= 0.3 is 5.97 Å². The zero-order valence-corrected chi connectivity index (χ0v) is 10.7. The highest BCUT2D eigenvalue weighted by atomic mass is 35.5. The summed E-state index contributed by atoms with van der Waals surface area (Å²) in [7, 11) is 0. The Morgan fingerprint density at radius 3 is 2.89 bits per heavy atom. The first-order valence-electron chi connectivity index (χ1n) is 6.07. The summed E-state index contributed by atoms with van der Waals surface area (Å²) in [6.45, 7) is 0.00652. The highest BCUT2D eigenvalue weighted by Crippen LogP contribution is 2.52. The van der Waals surface area contributed by atoms with Crippen LogP contribution in [0.5, 0.6) is 11.5 Å². The van der Waals surface area contributed by atoms with Crippen molar-refractivity contribution >= 4 is 17.6 Å². The van der Waals surface area contributed by atoms with Crippen molar-refractivity contribution in [1.29, 1.82) is 0 Å². The van der Waals surface area contributed by atoms with E-state index in [-0.39, 0.29) is 29.7 Å².